The van der Waals surface area contributed by atoms with Crippen LogP contribution >= 0.6 is 0 Å². The van der Waals surface area contributed by atoms with Crippen LogP contribution in [0, 0.1) is 11.3 Å². The molecule has 0 radical (unpaired) electrons. The fraction of sp³-hybridized carbons (Fsp3) is 0.917. The summed E-state index contributed by atoms with van der Waals surface area (Å²) in [5.41, 5.74) is 0.347. The van der Waals surface area contributed by atoms with Gasteiger partial charge in [-0.15, -0.1) is 0 Å². The number of likely N-dealkylation sites (tertiary alicyclic amines) is 1. The average molecular weight is 213 g/mol. The Hall–Kier alpha value is -0.570. The van der Waals surface area contributed by atoms with Crippen LogP contribution in [0.3, 0.4) is 0 Å². The van der Waals surface area contributed by atoms with Gasteiger partial charge in [-0.1, -0.05) is 20.8 Å². The van der Waals surface area contributed by atoms with Gasteiger partial charge >= 0.3 is 5.97 Å². The van der Waals surface area contributed by atoms with Gasteiger partial charge in [0, 0.05) is 13.0 Å². The molecule has 0 aliphatic carbocycles. The highest BCUT2D eigenvalue weighted by Gasteiger charge is 2.23. The molecule has 0 aromatic heterocycles. The molecule has 1 saturated heterocycles. The maximum absolute atomic E-state index is 10.6. The van der Waals surface area contributed by atoms with Gasteiger partial charge in [0.15, 0.2) is 0 Å². The Morgan fingerprint density at radius 1 is 1.33 bits per heavy atom. The molecule has 0 spiro atoms. The summed E-state index contributed by atoms with van der Waals surface area (Å²) in [5, 5.41) is 8.70. The lowest BCUT2D eigenvalue weighted by Crippen LogP contribution is -2.39. The van der Waals surface area contributed by atoms with Gasteiger partial charge in [-0.05, 0) is 37.3 Å². The molecule has 1 aliphatic heterocycles. The molecular formula is C12H23NO2. The lowest BCUT2D eigenvalue weighted by atomic mass is 9.90. The Labute approximate surface area is 92.5 Å². The fourth-order valence-corrected chi connectivity index (χ4v) is 2.27. The van der Waals surface area contributed by atoms with Gasteiger partial charge in [-0.3, -0.25) is 4.79 Å². The van der Waals surface area contributed by atoms with Crippen molar-refractivity contribution in [1.82, 2.24) is 4.90 Å². The third kappa shape index (κ3) is 5.17. The molecule has 1 heterocycles. The first kappa shape index (κ1) is 12.5. The van der Waals surface area contributed by atoms with Crippen molar-refractivity contribution in [2.24, 2.45) is 11.3 Å². The predicted octanol–water partition coefficient (Wildman–Crippen LogP) is 2.22. The van der Waals surface area contributed by atoms with E-state index >= 15 is 0 Å². The highest BCUT2D eigenvalue weighted by atomic mass is 16.4. The molecule has 1 N–H and O–H groups in total. The summed E-state index contributed by atoms with van der Waals surface area (Å²) < 4.78 is 0. The number of hydrogen-bond donors (Lipinski definition) is 1. The van der Waals surface area contributed by atoms with E-state index in [1.807, 2.05) is 0 Å². The molecule has 3 nitrogen and oxygen atoms in total. The Balaban J connectivity index is 2.27. The lowest BCUT2D eigenvalue weighted by Gasteiger charge is -2.35. The van der Waals surface area contributed by atoms with Crippen molar-refractivity contribution in [2.75, 3.05) is 19.6 Å². The van der Waals surface area contributed by atoms with E-state index in [1.54, 1.807) is 0 Å². The Bertz CT molecular complexity index is 212. The number of hydrogen-bond acceptors (Lipinski definition) is 2. The average Bonchev–Trinajstić information content (AvgIpc) is 2.05. The van der Waals surface area contributed by atoms with Crippen molar-refractivity contribution < 1.29 is 9.90 Å². The van der Waals surface area contributed by atoms with E-state index in [1.165, 1.54) is 0 Å². The zero-order valence-electron chi connectivity index (χ0n) is 10.1. The summed E-state index contributed by atoms with van der Waals surface area (Å²) in [6.45, 7) is 9.99. The fourth-order valence-electron chi connectivity index (χ4n) is 2.27. The zero-order valence-corrected chi connectivity index (χ0v) is 10.1. The number of carboxylic acids is 1. The van der Waals surface area contributed by atoms with E-state index in [-0.39, 0.29) is 0 Å². The second-order valence-electron chi connectivity index (χ2n) is 5.88. The monoisotopic (exact) mass is 213 g/mol. The Kier molecular flexibility index (Phi) is 4.14. The molecule has 1 aliphatic rings. The van der Waals surface area contributed by atoms with Gasteiger partial charge in [0.2, 0.25) is 0 Å². The SMILES string of the molecule is CC(C)(C)CN1CCC(CC(=O)O)CC1. The predicted molar refractivity (Wildman–Crippen MR) is 60.9 cm³/mol. The number of piperidine rings is 1. The second kappa shape index (κ2) is 4.97. The molecule has 0 aromatic carbocycles. The van der Waals surface area contributed by atoms with Crippen molar-refractivity contribution in [3.8, 4) is 0 Å². The summed E-state index contributed by atoms with van der Waals surface area (Å²) in [7, 11) is 0. The summed E-state index contributed by atoms with van der Waals surface area (Å²) in [6, 6.07) is 0. The molecule has 0 amide bonds. The molecular weight excluding hydrogens is 190 g/mol. The van der Waals surface area contributed by atoms with Crippen molar-refractivity contribution in [1.29, 1.82) is 0 Å². The lowest BCUT2D eigenvalue weighted by molar-refractivity contribution is -0.138. The van der Waals surface area contributed by atoms with E-state index < -0.39 is 5.97 Å². The van der Waals surface area contributed by atoms with Crippen molar-refractivity contribution in [3.05, 3.63) is 0 Å². The standard InChI is InChI=1S/C12H23NO2/c1-12(2,3)9-13-6-4-10(5-7-13)8-11(14)15/h10H,4-9H2,1-3H3,(H,14,15). The largest absolute Gasteiger partial charge is 0.481 e. The number of aliphatic carboxylic acids is 1. The third-order valence-corrected chi connectivity index (χ3v) is 2.87. The molecule has 0 atom stereocenters. The van der Waals surface area contributed by atoms with Crippen LogP contribution in [0.25, 0.3) is 0 Å². The first-order valence-electron chi connectivity index (χ1n) is 5.81. The molecule has 1 fully saturated rings. The molecule has 15 heavy (non-hydrogen) atoms. The second-order valence-corrected chi connectivity index (χ2v) is 5.88. The minimum atomic E-state index is -0.649. The summed E-state index contributed by atoms with van der Waals surface area (Å²) in [4.78, 5) is 13.0. The van der Waals surface area contributed by atoms with Crippen LogP contribution < -0.4 is 0 Å². The summed E-state index contributed by atoms with van der Waals surface area (Å²) >= 11 is 0. The molecule has 0 bridgehead atoms. The van der Waals surface area contributed by atoms with Crippen LogP contribution in [0.5, 0.6) is 0 Å². The van der Waals surface area contributed by atoms with Crippen LogP contribution in [-0.2, 0) is 4.79 Å². The first-order valence-corrected chi connectivity index (χ1v) is 5.81. The zero-order chi connectivity index (χ0) is 11.5. The number of carboxylic acid groups (broad SMARTS) is 1. The van der Waals surface area contributed by atoms with Crippen LogP contribution in [0.2, 0.25) is 0 Å². The molecule has 3 heteroatoms. The van der Waals surface area contributed by atoms with E-state index in [2.05, 4.69) is 25.7 Å². The molecule has 1 rings (SSSR count). The van der Waals surface area contributed by atoms with Crippen LogP contribution in [0.4, 0.5) is 0 Å². The number of rotatable bonds is 3. The Morgan fingerprint density at radius 2 is 1.87 bits per heavy atom. The van der Waals surface area contributed by atoms with Gasteiger partial charge in [0.05, 0.1) is 0 Å². The van der Waals surface area contributed by atoms with E-state index in [4.69, 9.17) is 5.11 Å². The number of carbonyl (C=O) groups is 1. The van der Waals surface area contributed by atoms with E-state index in [0.717, 1.165) is 32.5 Å². The molecule has 0 unspecified atom stereocenters. The van der Waals surface area contributed by atoms with Crippen molar-refractivity contribution in [2.45, 2.75) is 40.0 Å². The van der Waals surface area contributed by atoms with Gasteiger partial charge in [0.1, 0.15) is 0 Å². The smallest absolute Gasteiger partial charge is 0.303 e. The van der Waals surface area contributed by atoms with Gasteiger partial charge in [-0.25, -0.2) is 0 Å². The van der Waals surface area contributed by atoms with Crippen LogP contribution in [0.1, 0.15) is 40.0 Å². The first-order chi connectivity index (χ1) is 6.87. The summed E-state index contributed by atoms with van der Waals surface area (Å²) in [5.74, 6) is -0.247. The van der Waals surface area contributed by atoms with E-state index in [9.17, 15) is 4.79 Å². The molecule has 88 valence electrons. The van der Waals surface area contributed by atoms with Crippen LogP contribution in [0.15, 0.2) is 0 Å². The summed E-state index contributed by atoms with van der Waals surface area (Å²) in [6.07, 6.45) is 2.44. The topological polar surface area (TPSA) is 40.5 Å². The van der Waals surface area contributed by atoms with Gasteiger partial charge < -0.3 is 10.0 Å². The Morgan fingerprint density at radius 3 is 2.27 bits per heavy atom. The maximum atomic E-state index is 10.6. The molecule has 0 aromatic rings. The minimum Gasteiger partial charge on any atom is -0.481 e. The number of nitrogens with zero attached hydrogens (tertiary/aromatic N) is 1. The van der Waals surface area contributed by atoms with Crippen molar-refractivity contribution >= 4 is 5.97 Å². The quantitative estimate of drug-likeness (QED) is 0.781. The highest BCUT2D eigenvalue weighted by molar-refractivity contribution is 5.67. The normalized spacial score (nSPS) is 20.5. The van der Waals surface area contributed by atoms with Crippen LogP contribution in [-0.4, -0.2) is 35.6 Å². The maximum Gasteiger partial charge on any atom is 0.303 e. The van der Waals surface area contributed by atoms with Crippen molar-refractivity contribution in [3.63, 3.8) is 0 Å². The third-order valence-electron chi connectivity index (χ3n) is 2.87. The van der Waals surface area contributed by atoms with Gasteiger partial charge in [0.25, 0.3) is 0 Å². The molecule has 0 saturated carbocycles. The minimum absolute atomic E-state index is 0.347. The van der Waals surface area contributed by atoms with E-state index in [0.29, 0.717) is 17.8 Å². The highest BCUT2D eigenvalue weighted by Crippen LogP contribution is 2.23. The van der Waals surface area contributed by atoms with Gasteiger partial charge in [-0.2, -0.15) is 0 Å².